The molecule has 0 aromatic carbocycles. The van der Waals surface area contributed by atoms with E-state index in [1.54, 1.807) is 37.2 Å². The summed E-state index contributed by atoms with van der Waals surface area (Å²) in [6.45, 7) is 8.67. The number of aromatic nitrogens is 3. The lowest BCUT2D eigenvalue weighted by Gasteiger charge is -2.34. The standard InChI is InChI=1S/C19H28N4O4/c1-13(2)12-26-14(3)17-21-16(27-22-17)11-23(5)19(4,18(24)25-6)15-9-7-8-10-20-15/h7-10,13-14H,11-12H2,1-6H3/t14-,19+/m0/s1. The highest BCUT2D eigenvalue weighted by Gasteiger charge is 2.42. The molecular weight excluding hydrogens is 348 g/mol. The van der Waals surface area contributed by atoms with Crippen LogP contribution in [0, 0.1) is 5.92 Å². The lowest BCUT2D eigenvalue weighted by Crippen LogP contribution is -2.48. The summed E-state index contributed by atoms with van der Waals surface area (Å²) in [7, 11) is 3.14. The van der Waals surface area contributed by atoms with E-state index in [4.69, 9.17) is 14.0 Å². The molecule has 0 spiro atoms. The van der Waals surface area contributed by atoms with E-state index in [-0.39, 0.29) is 12.6 Å². The van der Waals surface area contributed by atoms with E-state index in [0.717, 1.165) is 0 Å². The summed E-state index contributed by atoms with van der Waals surface area (Å²) < 4.78 is 16.1. The first-order valence-electron chi connectivity index (χ1n) is 8.94. The van der Waals surface area contributed by atoms with Gasteiger partial charge in [-0.25, -0.2) is 4.79 Å². The number of hydrogen-bond acceptors (Lipinski definition) is 8. The van der Waals surface area contributed by atoms with Crippen LogP contribution in [0.3, 0.4) is 0 Å². The molecule has 8 heteroatoms. The normalized spacial score (nSPS) is 15.0. The monoisotopic (exact) mass is 376 g/mol. The van der Waals surface area contributed by atoms with Gasteiger partial charge in [0.25, 0.3) is 0 Å². The van der Waals surface area contributed by atoms with Crippen LogP contribution in [0.5, 0.6) is 0 Å². The molecule has 148 valence electrons. The second-order valence-corrected chi connectivity index (χ2v) is 7.05. The van der Waals surface area contributed by atoms with Crippen molar-refractivity contribution in [1.82, 2.24) is 20.0 Å². The third-order valence-corrected chi connectivity index (χ3v) is 4.41. The predicted octanol–water partition coefficient (Wildman–Crippen LogP) is 2.72. The lowest BCUT2D eigenvalue weighted by molar-refractivity contribution is -0.155. The van der Waals surface area contributed by atoms with Crippen LogP contribution >= 0.6 is 0 Å². The van der Waals surface area contributed by atoms with Gasteiger partial charge >= 0.3 is 5.97 Å². The summed E-state index contributed by atoms with van der Waals surface area (Å²) in [5.41, 5.74) is -0.516. The second-order valence-electron chi connectivity index (χ2n) is 7.05. The van der Waals surface area contributed by atoms with Gasteiger partial charge in [-0.2, -0.15) is 4.98 Å². The Kier molecular flexibility index (Phi) is 7.04. The molecule has 0 aliphatic carbocycles. The number of carbonyl (C=O) groups excluding carboxylic acids is 1. The molecule has 0 radical (unpaired) electrons. The Morgan fingerprint density at radius 2 is 2.07 bits per heavy atom. The fourth-order valence-corrected chi connectivity index (χ4v) is 2.58. The fourth-order valence-electron chi connectivity index (χ4n) is 2.58. The Labute approximate surface area is 159 Å². The van der Waals surface area contributed by atoms with Crippen molar-refractivity contribution in [2.75, 3.05) is 20.8 Å². The molecule has 0 unspecified atom stereocenters. The van der Waals surface area contributed by atoms with E-state index >= 15 is 0 Å². The number of esters is 1. The van der Waals surface area contributed by atoms with Crippen LogP contribution in [0.25, 0.3) is 0 Å². The van der Waals surface area contributed by atoms with Crippen LogP contribution in [0.1, 0.15) is 51.2 Å². The molecule has 0 amide bonds. The number of likely N-dealkylation sites (N-methyl/N-ethyl adjacent to an activating group) is 1. The van der Waals surface area contributed by atoms with Gasteiger partial charge < -0.3 is 14.0 Å². The maximum Gasteiger partial charge on any atom is 0.332 e. The van der Waals surface area contributed by atoms with Crippen molar-refractivity contribution in [3.63, 3.8) is 0 Å². The molecule has 0 saturated carbocycles. The number of hydrogen-bond donors (Lipinski definition) is 0. The van der Waals surface area contributed by atoms with Crippen molar-refractivity contribution in [2.45, 2.75) is 45.9 Å². The number of methoxy groups -OCH3 is 1. The summed E-state index contributed by atoms with van der Waals surface area (Å²) >= 11 is 0. The molecule has 27 heavy (non-hydrogen) atoms. The summed E-state index contributed by atoms with van der Waals surface area (Å²) in [6, 6.07) is 5.41. The van der Waals surface area contributed by atoms with E-state index in [0.29, 0.717) is 29.9 Å². The van der Waals surface area contributed by atoms with E-state index in [2.05, 4.69) is 29.0 Å². The average Bonchev–Trinajstić information content (AvgIpc) is 3.13. The molecule has 0 saturated heterocycles. The molecule has 8 nitrogen and oxygen atoms in total. The minimum Gasteiger partial charge on any atom is -0.467 e. The Morgan fingerprint density at radius 1 is 1.33 bits per heavy atom. The topological polar surface area (TPSA) is 90.6 Å². The van der Waals surface area contributed by atoms with Gasteiger partial charge in [-0.05, 0) is 38.9 Å². The Bertz CT molecular complexity index is 734. The van der Waals surface area contributed by atoms with Gasteiger partial charge in [0.15, 0.2) is 11.4 Å². The zero-order valence-corrected chi connectivity index (χ0v) is 16.8. The predicted molar refractivity (Wildman–Crippen MR) is 98.6 cm³/mol. The summed E-state index contributed by atoms with van der Waals surface area (Å²) in [4.78, 5) is 23.0. The Hall–Kier alpha value is -2.32. The van der Waals surface area contributed by atoms with Crippen LogP contribution < -0.4 is 0 Å². The smallest absolute Gasteiger partial charge is 0.332 e. The highest BCUT2D eigenvalue weighted by molar-refractivity contribution is 5.81. The summed E-state index contributed by atoms with van der Waals surface area (Å²) in [6.07, 6.45) is 1.38. The molecule has 2 atom stereocenters. The fraction of sp³-hybridized carbons (Fsp3) is 0.579. The molecule has 2 rings (SSSR count). The summed E-state index contributed by atoms with van der Waals surface area (Å²) in [5, 5.41) is 4.00. The molecule has 2 aromatic rings. The van der Waals surface area contributed by atoms with E-state index in [1.165, 1.54) is 7.11 Å². The van der Waals surface area contributed by atoms with E-state index in [9.17, 15) is 4.79 Å². The third-order valence-electron chi connectivity index (χ3n) is 4.41. The molecule has 0 aliphatic rings. The molecule has 2 heterocycles. The minimum absolute atomic E-state index is 0.256. The van der Waals surface area contributed by atoms with Crippen molar-refractivity contribution >= 4 is 5.97 Å². The Morgan fingerprint density at radius 3 is 2.67 bits per heavy atom. The van der Waals surface area contributed by atoms with Gasteiger partial charge in [-0.1, -0.05) is 25.1 Å². The first-order valence-corrected chi connectivity index (χ1v) is 8.94. The molecule has 0 bridgehead atoms. The molecule has 0 aliphatic heterocycles. The van der Waals surface area contributed by atoms with Crippen molar-refractivity contribution in [3.8, 4) is 0 Å². The van der Waals surface area contributed by atoms with E-state index in [1.807, 2.05) is 13.0 Å². The van der Waals surface area contributed by atoms with Crippen molar-refractivity contribution < 1.29 is 18.8 Å². The van der Waals surface area contributed by atoms with Gasteiger partial charge in [-0.3, -0.25) is 9.88 Å². The van der Waals surface area contributed by atoms with Crippen LogP contribution in [0.15, 0.2) is 28.9 Å². The van der Waals surface area contributed by atoms with Gasteiger partial charge in [0, 0.05) is 12.8 Å². The zero-order chi connectivity index (χ0) is 20.0. The van der Waals surface area contributed by atoms with Crippen molar-refractivity contribution in [1.29, 1.82) is 0 Å². The van der Waals surface area contributed by atoms with Crippen LogP contribution in [0.2, 0.25) is 0 Å². The van der Waals surface area contributed by atoms with Crippen molar-refractivity contribution in [3.05, 3.63) is 41.8 Å². The van der Waals surface area contributed by atoms with Gasteiger partial charge in [0.2, 0.25) is 5.89 Å². The first-order chi connectivity index (χ1) is 12.8. The second kappa shape index (κ2) is 9.05. The SMILES string of the molecule is COC(=O)[C@@](C)(c1ccccn1)N(C)Cc1nc([C@H](C)OCC(C)C)no1. The largest absolute Gasteiger partial charge is 0.467 e. The van der Waals surface area contributed by atoms with Gasteiger partial charge in [0.05, 0.1) is 19.3 Å². The van der Waals surface area contributed by atoms with Gasteiger partial charge in [-0.15, -0.1) is 0 Å². The molecular formula is C19H28N4O4. The maximum atomic E-state index is 12.5. The lowest BCUT2D eigenvalue weighted by atomic mass is 9.95. The third kappa shape index (κ3) is 4.90. The average molecular weight is 376 g/mol. The quantitative estimate of drug-likeness (QED) is 0.617. The number of ether oxygens (including phenoxy) is 2. The van der Waals surface area contributed by atoms with Crippen LogP contribution in [-0.4, -0.2) is 46.8 Å². The molecule has 0 N–H and O–H groups in total. The zero-order valence-electron chi connectivity index (χ0n) is 16.8. The first kappa shape index (κ1) is 21.0. The minimum atomic E-state index is -1.09. The summed E-state index contributed by atoms with van der Waals surface area (Å²) in [5.74, 6) is 0.872. The molecule has 0 fully saturated rings. The van der Waals surface area contributed by atoms with Gasteiger partial charge in [0.1, 0.15) is 6.10 Å². The van der Waals surface area contributed by atoms with Crippen LogP contribution in [-0.2, 0) is 26.4 Å². The number of nitrogens with zero attached hydrogens (tertiary/aromatic N) is 4. The van der Waals surface area contributed by atoms with E-state index < -0.39 is 11.5 Å². The molecule has 2 aromatic heterocycles. The number of carbonyl (C=O) groups is 1. The Balaban J connectivity index is 2.16. The number of pyridine rings is 1. The number of rotatable bonds is 9. The van der Waals surface area contributed by atoms with Crippen LogP contribution in [0.4, 0.5) is 0 Å². The maximum absolute atomic E-state index is 12.5. The highest BCUT2D eigenvalue weighted by Crippen LogP contribution is 2.28. The highest BCUT2D eigenvalue weighted by atomic mass is 16.5. The van der Waals surface area contributed by atoms with Crippen molar-refractivity contribution in [2.24, 2.45) is 5.92 Å².